The fourth-order valence-electron chi connectivity index (χ4n) is 2.92. The van der Waals surface area contributed by atoms with Crippen LogP contribution in [0.2, 0.25) is 0 Å². The molecule has 29 heavy (non-hydrogen) atoms. The summed E-state index contributed by atoms with van der Waals surface area (Å²) in [6.07, 6.45) is 5.77. The Labute approximate surface area is 182 Å². The van der Waals surface area contributed by atoms with Gasteiger partial charge in [0.05, 0.1) is 6.61 Å². The van der Waals surface area contributed by atoms with Gasteiger partial charge in [-0.05, 0) is 6.92 Å². The van der Waals surface area contributed by atoms with Gasteiger partial charge in [0, 0.05) is 13.2 Å². The van der Waals surface area contributed by atoms with Gasteiger partial charge in [-0.1, -0.05) is 0 Å². The molecule has 4 heterocycles. The van der Waals surface area contributed by atoms with Gasteiger partial charge in [-0.2, -0.15) is 0 Å². The Morgan fingerprint density at radius 3 is 3.10 bits per heavy atom. The van der Waals surface area contributed by atoms with Gasteiger partial charge < -0.3 is 4.74 Å². The number of fused-ring (bicyclic) bond motifs is 1. The number of aryl methyl sites for hydroxylation is 1. The fourth-order valence-corrected chi connectivity index (χ4v) is 5.55. The van der Waals surface area contributed by atoms with E-state index < -0.39 is 21.4 Å². The Kier molecular flexibility index (Phi) is 6.26. The van der Waals surface area contributed by atoms with Crippen molar-refractivity contribution >= 4 is 66.9 Å². The molecule has 0 saturated carbocycles. The van der Waals surface area contributed by atoms with E-state index in [-0.39, 0.29) is 5.91 Å². The molecule has 1 aliphatic heterocycles. The number of hydrogen-bond acceptors (Lipinski definition) is 7. The van der Waals surface area contributed by atoms with Crippen molar-refractivity contribution in [2.45, 2.75) is 13.8 Å². The molecule has 2 radical (unpaired) electrons. The number of aromatic nitrogens is 3. The third kappa shape index (κ3) is 4.51. The quantitative estimate of drug-likeness (QED) is 0.356. The number of carbonyl (C=O) groups excluding carboxylic acids is 1. The van der Waals surface area contributed by atoms with Crippen molar-refractivity contribution < 1.29 is 9.53 Å². The first-order valence-electron chi connectivity index (χ1n) is 9.21. The Balaban J connectivity index is 1.53. The van der Waals surface area contributed by atoms with Crippen molar-refractivity contribution in [1.29, 1.82) is 0 Å². The van der Waals surface area contributed by atoms with Crippen LogP contribution in [0.5, 0.6) is 0 Å². The van der Waals surface area contributed by atoms with E-state index in [1.54, 1.807) is 0 Å². The Morgan fingerprint density at radius 1 is 1.41 bits per heavy atom. The van der Waals surface area contributed by atoms with Gasteiger partial charge in [0.15, 0.2) is 0 Å². The molecule has 1 aliphatic rings. The summed E-state index contributed by atoms with van der Waals surface area (Å²) < 4.78 is 14.0. The molecule has 10 heteroatoms. The zero-order chi connectivity index (χ0) is 20.2. The molecule has 0 bridgehead atoms. The maximum absolute atomic E-state index is 12.3. The van der Waals surface area contributed by atoms with Crippen LogP contribution in [0.4, 0.5) is 10.8 Å². The van der Waals surface area contributed by atoms with E-state index >= 15 is 0 Å². The van der Waals surface area contributed by atoms with Gasteiger partial charge in [-0.3, -0.25) is 0 Å². The first kappa shape index (κ1) is 20.0. The van der Waals surface area contributed by atoms with Crippen LogP contribution in [-0.2, 0) is 4.74 Å². The Bertz CT molecular complexity index is 1100. The van der Waals surface area contributed by atoms with E-state index in [0.717, 1.165) is 27.6 Å². The number of rotatable bonds is 8. The van der Waals surface area contributed by atoms with E-state index in [0.29, 0.717) is 31.1 Å². The van der Waals surface area contributed by atoms with Gasteiger partial charge in [0.1, 0.15) is 0 Å². The standard InChI is InChI=1S/C19H20N6O2S.Sn/c1-4-27-6-5-21-19(26)14-7-16(28-11-14)24-17-18-22-9-15(12(2)8-20)25(18)10-13(3)23-17;/h2,7-11H,4-6H2,1,3H3,(H,21,26)(H,23,24);/q-1;+1. The van der Waals surface area contributed by atoms with Gasteiger partial charge in [0.25, 0.3) is 0 Å². The molecule has 8 nitrogen and oxygen atoms in total. The van der Waals surface area contributed by atoms with Crippen LogP contribution >= 0.6 is 11.3 Å². The summed E-state index contributed by atoms with van der Waals surface area (Å²) in [6.45, 7) is 5.52. The fraction of sp³-hybridized carbons (Fsp3) is 0.263. The van der Waals surface area contributed by atoms with E-state index in [1.807, 2.05) is 48.3 Å². The van der Waals surface area contributed by atoms with Crippen molar-refractivity contribution in [3.63, 3.8) is 0 Å². The number of amides is 1. The number of allylic oxidation sites excluding steroid dienone is 1. The second-order valence-electron chi connectivity index (χ2n) is 6.33. The summed E-state index contributed by atoms with van der Waals surface area (Å²) in [6, 6.07) is 1.82. The topological polar surface area (TPSA) is 92.9 Å². The molecule has 4 rings (SSSR count). The van der Waals surface area contributed by atoms with Crippen LogP contribution < -0.4 is 10.6 Å². The van der Waals surface area contributed by atoms with Crippen LogP contribution in [0.3, 0.4) is 0 Å². The summed E-state index contributed by atoms with van der Waals surface area (Å²) >= 11 is 0.710. The number of thiophene rings is 1. The van der Waals surface area contributed by atoms with Gasteiger partial charge in [-0.25, -0.2) is 0 Å². The second-order valence-corrected chi connectivity index (χ2v) is 9.54. The first-order valence-corrected chi connectivity index (χ1v) is 13.0. The number of anilines is 2. The van der Waals surface area contributed by atoms with E-state index in [9.17, 15) is 4.79 Å². The van der Waals surface area contributed by atoms with Crippen LogP contribution in [0, 0.1) is 6.92 Å². The number of imidazole rings is 1. The molecular weight excluding hydrogens is 495 g/mol. The predicted molar refractivity (Wildman–Crippen MR) is 116 cm³/mol. The monoisotopic (exact) mass is 516 g/mol. The molecule has 2 N–H and O–H groups in total. The Morgan fingerprint density at radius 2 is 2.31 bits per heavy atom. The summed E-state index contributed by atoms with van der Waals surface area (Å²) in [4.78, 5) is 21.4. The van der Waals surface area contributed by atoms with E-state index in [2.05, 4.69) is 27.9 Å². The summed E-state index contributed by atoms with van der Waals surface area (Å²) in [7, 11) is 0. The maximum atomic E-state index is 12.3. The molecule has 0 atom stereocenters. The zero-order valence-electron chi connectivity index (χ0n) is 16.1. The van der Waals surface area contributed by atoms with Crippen LogP contribution in [0.25, 0.3) is 11.2 Å². The molecule has 0 aliphatic carbocycles. The molecule has 1 amide bonds. The predicted octanol–water partition coefficient (Wildman–Crippen LogP) is 2.65. The number of nitrogens with zero attached hydrogens (tertiary/aromatic N) is 4. The summed E-state index contributed by atoms with van der Waals surface area (Å²) in [5.41, 5.74) is 4.38. The first-order chi connectivity index (χ1) is 14.2. The zero-order valence-corrected chi connectivity index (χ0v) is 19.8. The molecule has 3 aromatic rings. The van der Waals surface area contributed by atoms with Gasteiger partial charge in [-0.15, -0.1) is 0 Å². The molecule has 0 aromatic carbocycles. The second kappa shape index (κ2) is 9.05. The van der Waals surface area contributed by atoms with Crippen molar-refractivity contribution in [2.24, 2.45) is 3.21 Å². The van der Waals surface area contributed by atoms with Gasteiger partial charge >= 0.3 is 152 Å². The van der Waals surface area contributed by atoms with Crippen molar-refractivity contribution in [3.8, 4) is 0 Å². The minimum atomic E-state index is -0.747. The average molecular weight is 515 g/mol. The molecule has 0 saturated heterocycles. The number of hydrogen-bond donors (Lipinski definition) is 2. The van der Waals surface area contributed by atoms with Crippen molar-refractivity contribution in [3.05, 3.63) is 44.9 Å². The van der Waals surface area contributed by atoms with Crippen molar-refractivity contribution in [2.75, 3.05) is 25.1 Å². The molecule has 0 unspecified atom stereocenters. The molecule has 148 valence electrons. The molecule has 0 spiro atoms. The summed E-state index contributed by atoms with van der Waals surface area (Å²) in [5.74, 6) is 0.550. The van der Waals surface area contributed by atoms with Crippen LogP contribution in [-0.4, -0.2) is 67.7 Å². The third-order valence-corrected chi connectivity index (χ3v) is 7.14. The molecular formula is C19H20N6O2SSn. The van der Waals surface area contributed by atoms with Crippen LogP contribution in [0.15, 0.2) is 31.1 Å². The molecule has 0 fully saturated rings. The van der Waals surface area contributed by atoms with Gasteiger partial charge in [0.2, 0.25) is 0 Å². The minimum absolute atomic E-state index is 0.114. The Hall–Kier alpha value is -2.24. The number of nitrogens with one attached hydrogen (secondary N) is 2. The number of carbonyl (C=O) groups is 1. The van der Waals surface area contributed by atoms with E-state index in [4.69, 9.17) is 4.74 Å². The normalized spacial score (nSPS) is 13.1. The number of ether oxygens (including phenoxy) is 1. The van der Waals surface area contributed by atoms with Crippen LogP contribution in [0.1, 0.15) is 28.7 Å². The average Bonchev–Trinajstić information content (AvgIpc) is 3.45. The third-order valence-electron chi connectivity index (χ3n) is 4.25. The van der Waals surface area contributed by atoms with Crippen molar-refractivity contribution in [1.82, 2.24) is 19.7 Å². The molecule has 3 aromatic heterocycles. The SMILES string of the molecule is CCOCCNC(=O)c1csc(Nc2nc(C)cn3c(C4=[CH][Sn][N]=C4)cnc23)c1. The summed E-state index contributed by atoms with van der Waals surface area (Å²) in [5, 5.41) is 8.83. The van der Waals surface area contributed by atoms with E-state index in [1.165, 1.54) is 11.3 Å².